The van der Waals surface area contributed by atoms with Crippen LogP contribution >= 0.6 is 0 Å². The van der Waals surface area contributed by atoms with Gasteiger partial charge in [-0.05, 0) is 71.1 Å². The highest BCUT2D eigenvalue weighted by Crippen LogP contribution is 2.41. The Morgan fingerprint density at radius 3 is 1.98 bits per heavy atom. The van der Waals surface area contributed by atoms with Crippen LogP contribution < -0.4 is 0 Å². The van der Waals surface area contributed by atoms with Gasteiger partial charge in [0.2, 0.25) is 0 Å². The van der Waals surface area contributed by atoms with Crippen LogP contribution in [0, 0.1) is 0 Å². The first-order valence-electron chi connectivity index (χ1n) is 18.4. The monoisotopic (exact) mass is 693 g/mol. The molecule has 0 N–H and O–H groups in total. The molecule has 0 aliphatic heterocycles. The summed E-state index contributed by atoms with van der Waals surface area (Å²) in [7, 11) is 0. The number of benzene rings is 8. The fraction of sp³-hybridized carbons (Fsp3) is 0.0400. The molecule has 0 spiro atoms. The highest BCUT2D eigenvalue weighted by atomic mass is 16.3. The molecule has 1 unspecified atom stereocenters. The van der Waals surface area contributed by atoms with Crippen molar-refractivity contribution in [3.8, 4) is 5.69 Å². The number of aromatic nitrogens is 1. The number of aliphatic imine (C=N–C) groups is 2. The number of nitrogens with zero attached hydrogens (tertiary/aromatic N) is 3. The lowest BCUT2D eigenvalue weighted by molar-refractivity contribution is 0.671. The summed E-state index contributed by atoms with van der Waals surface area (Å²) in [5.41, 5.74) is 8.34. The van der Waals surface area contributed by atoms with Crippen LogP contribution in [0.3, 0.4) is 0 Å². The zero-order chi connectivity index (χ0) is 36.2. The molecule has 0 bridgehead atoms. The van der Waals surface area contributed by atoms with E-state index in [4.69, 9.17) is 14.4 Å². The standard InChI is InChI=1S/C50H35N3O/c1-3-43(52-50(35-19-8-5-9-20-35)51-32(2)33-16-6-4-7-17-33)47-45(29-28-41-40-27-26-34-18-12-13-23-38(34)48(40)54-49(41)47)53-44-25-15-14-24-39(44)42-30-36-21-10-11-22-37(36)31-46(42)53/h3-32H,1H2,2H3. The van der Waals surface area contributed by atoms with Crippen LogP contribution in [0.15, 0.2) is 197 Å². The van der Waals surface area contributed by atoms with Crippen LogP contribution in [-0.2, 0) is 0 Å². The summed E-state index contributed by atoms with van der Waals surface area (Å²) >= 11 is 0. The SMILES string of the molecule is C=CC(=NC(=NC(C)c1ccccc1)c1ccccc1)c1c(-n2c3ccccc3c3cc4ccccc4cc32)ccc2c1oc1c3ccccc3ccc21. The number of furan rings is 1. The zero-order valence-corrected chi connectivity index (χ0v) is 29.8. The van der Waals surface area contributed by atoms with E-state index < -0.39 is 0 Å². The molecule has 2 aromatic heterocycles. The third kappa shape index (κ3) is 5.14. The summed E-state index contributed by atoms with van der Waals surface area (Å²) in [5, 5.41) is 9.03. The van der Waals surface area contributed by atoms with Gasteiger partial charge < -0.3 is 8.98 Å². The lowest BCUT2D eigenvalue weighted by Gasteiger charge is -2.16. The van der Waals surface area contributed by atoms with E-state index in [9.17, 15) is 0 Å². The van der Waals surface area contributed by atoms with E-state index in [0.29, 0.717) is 11.5 Å². The van der Waals surface area contributed by atoms with Gasteiger partial charge in [0.15, 0.2) is 5.84 Å². The maximum Gasteiger partial charge on any atom is 0.155 e. The smallest absolute Gasteiger partial charge is 0.155 e. The molecular weight excluding hydrogens is 659 g/mol. The van der Waals surface area contributed by atoms with Gasteiger partial charge in [-0.25, -0.2) is 4.99 Å². The molecule has 4 heteroatoms. The van der Waals surface area contributed by atoms with Crippen LogP contribution in [0.4, 0.5) is 0 Å². The number of fused-ring (bicyclic) bond motifs is 9. The summed E-state index contributed by atoms with van der Waals surface area (Å²) in [5.74, 6) is 0.625. The quantitative estimate of drug-likeness (QED) is 0.126. The average Bonchev–Trinajstić information content (AvgIpc) is 3.77. The molecular formula is C50H35N3O. The molecule has 0 fully saturated rings. The van der Waals surface area contributed by atoms with E-state index in [1.807, 2.05) is 30.3 Å². The normalized spacial score (nSPS) is 13.1. The average molecular weight is 694 g/mol. The van der Waals surface area contributed by atoms with Crippen molar-refractivity contribution in [1.82, 2.24) is 4.57 Å². The van der Waals surface area contributed by atoms with Crippen LogP contribution in [0.2, 0.25) is 0 Å². The van der Waals surface area contributed by atoms with Gasteiger partial charge in [-0.2, -0.15) is 0 Å². The molecule has 0 saturated carbocycles. The van der Waals surface area contributed by atoms with E-state index in [1.165, 1.54) is 21.5 Å². The van der Waals surface area contributed by atoms with E-state index >= 15 is 0 Å². The highest BCUT2D eigenvalue weighted by Gasteiger charge is 2.24. The Labute approximate surface area is 312 Å². The van der Waals surface area contributed by atoms with Gasteiger partial charge in [-0.15, -0.1) is 0 Å². The van der Waals surface area contributed by atoms with E-state index in [0.717, 1.165) is 66.1 Å². The second kappa shape index (κ2) is 12.9. The van der Waals surface area contributed by atoms with E-state index in [1.54, 1.807) is 0 Å². The van der Waals surface area contributed by atoms with E-state index in [-0.39, 0.29) is 6.04 Å². The molecule has 2 heterocycles. The molecule has 10 aromatic rings. The molecule has 8 aromatic carbocycles. The Morgan fingerprint density at radius 1 is 0.574 bits per heavy atom. The van der Waals surface area contributed by atoms with Gasteiger partial charge in [0.1, 0.15) is 11.2 Å². The number of para-hydroxylation sites is 1. The fourth-order valence-electron chi connectivity index (χ4n) is 7.97. The number of amidine groups is 1. The number of hydrogen-bond acceptors (Lipinski definition) is 2. The van der Waals surface area contributed by atoms with Gasteiger partial charge in [-0.1, -0.05) is 140 Å². The second-order valence-electron chi connectivity index (χ2n) is 13.8. The topological polar surface area (TPSA) is 42.8 Å². The van der Waals surface area contributed by atoms with Crippen molar-refractivity contribution in [2.24, 2.45) is 9.98 Å². The van der Waals surface area contributed by atoms with Crippen molar-refractivity contribution in [2.45, 2.75) is 13.0 Å². The minimum Gasteiger partial charge on any atom is -0.455 e. The minimum atomic E-state index is -0.130. The van der Waals surface area contributed by atoms with Gasteiger partial charge >= 0.3 is 0 Å². The Balaban J connectivity index is 1.32. The molecule has 0 saturated heterocycles. The van der Waals surface area contributed by atoms with Gasteiger partial charge in [0.25, 0.3) is 0 Å². The van der Waals surface area contributed by atoms with Crippen LogP contribution in [0.25, 0.3) is 71.0 Å². The predicted octanol–water partition coefficient (Wildman–Crippen LogP) is 13.2. The number of allylic oxidation sites excluding steroid dienone is 1. The summed E-state index contributed by atoms with van der Waals surface area (Å²) in [6.45, 7) is 6.49. The Bertz CT molecular complexity index is 3130. The third-order valence-electron chi connectivity index (χ3n) is 10.6. The molecule has 256 valence electrons. The van der Waals surface area contributed by atoms with Crippen molar-refractivity contribution < 1.29 is 4.42 Å². The van der Waals surface area contributed by atoms with Gasteiger partial charge in [0, 0.05) is 32.5 Å². The lowest BCUT2D eigenvalue weighted by atomic mass is 10.0. The molecule has 10 rings (SSSR count). The first kappa shape index (κ1) is 31.7. The Hall–Kier alpha value is -7.04. The van der Waals surface area contributed by atoms with Crippen LogP contribution in [0.1, 0.15) is 29.7 Å². The van der Waals surface area contributed by atoms with Crippen molar-refractivity contribution in [3.63, 3.8) is 0 Å². The second-order valence-corrected chi connectivity index (χ2v) is 13.8. The molecule has 54 heavy (non-hydrogen) atoms. The number of rotatable bonds is 6. The molecule has 0 amide bonds. The third-order valence-corrected chi connectivity index (χ3v) is 10.6. The molecule has 0 radical (unpaired) electrons. The maximum atomic E-state index is 7.07. The minimum absolute atomic E-state index is 0.130. The lowest BCUT2D eigenvalue weighted by Crippen LogP contribution is -2.10. The molecule has 4 nitrogen and oxygen atoms in total. The fourth-order valence-corrected chi connectivity index (χ4v) is 7.97. The summed E-state index contributed by atoms with van der Waals surface area (Å²) < 4.78 is 9.43. The molecule has 0 aliphatic carbocycles. The first-order chi connectivity index (χ1) is 26.7. The number of hydrogen-bond donors (Lipinski definition) is 0. The predicted molar refractivity (Wildman–Crippen MR) is 228 cm³/mol. The zero-order valence-electron chi connectivity index (χ0n) is 29.8. The van der Waals surface area contributed by atoms with Crippen LogP contribution in [-0.4, -0.2) is 16.1 Å². The van der Waals surface area contributed by atoms with Crippen molar-refractivity contribution in [1.29, 1.82) is 0 Å². The van der Waals surface area contributed by atoms with Crippen molar-refractivity contribution in [3.05, 3.63) is 199 Å². The highest BCUT2D eigenvalue weighted by molar-refractivity contribution is 6.26. The summed E-state index contributed by atoms with van der Waals surface area (Å²) in [6, 6.07) is 59.4. The Morgan fingerprint density at radius 2 is 1.20 bits per heavy atom. The van der Waals surface area contributed by atoms with Gasteiger partial charge in [-0.3, -0.25) is 4.99 Å². The molecule has 1 atom stereocenters. The first-order valence-corrected chi connectivity index (χ1v) is 18.4. The van der Waals surface area contributed by atoms with Gasteiger partial charge in [0.05, 0.1) is 34.0 Å². The van der Waals surface area contributed by atoms with E-state index in [2.05, 4.69) is 164 Å². The summed E-state index contributed by atoms with van der Waals surface area (Å²) in [4.78, 5) is 10.7. The van der Waals surface area contributed by atoms with Crippen molar-refractivity contribution >= 4 is 76.8 Å². The summed E-state index contributed by atoms with van der Waals surface area (Å²) in [6.07, 6.45) is 1.85. The van der Waals surface area contributed by atoms with Crippen molar-refractivity contribution in [2.75, 3.05) is 0 Å². The maximum absolute atomic E-state index is 7.07. The Kier molecular flexibility index (Phi) is 7.55. The largest absolute Gasteiger partial charge is 0.455 e. The van der Waals surface area contributed by atoms with Crippen LogP contribution in [0.5, 0.6) is 0 Å². The molecule has 0 aliphatic rings.